The molecule has 0 spiro atoms. The predicted molar refractivity (Wildman–Crippen MR) is 268 cm³/mol. The Labute approximate surface area is 390 Å². The van der Waals surface area contributed by atoms with Crippen LogP contribution >= 0.6 is 7.82 Å². The van der Waals surface area contributed by atoms with Gasteiger partial charge in [-0.25, -0.2) is 0 Å². The Morgan fingerprint density at radius 2 is 0.873 bits per heavy atom. The van der Waals surface area contributed by atoms with Gasteiger partial charge in [0.2, 0.25) is 0 Å². The number of phosphoric acid groups is 1. The summed E-state index contributed by atoms with van der Waals surface area (Å²) in [5, 5.41) is 0. The summed E-state index contributed by atoms with van der Waals surface area (Å²) in [4.78, 5) is 25.2. The zero-order valence-corrected chi connectivity index (χ0v) is 42.9. The molecule has 2 atom stereocenters. The van der Waals surface area contributed by atoms with Crippen molar-refractivity contribution in [3.63, 3.8) is 0 Å². The quantitative estimate of drug-likeness (QED) is 0.0197. The monoisotopic (exact) mass is 908 g/mol. The Morgan fingerprint density at radius 1 is 0.492 bits per heavy atom. The molecule has 0 aromatic heterocycles. The van der Waals surface area contributed by atoms with Crippen LogP contribution in [0.3, 0.4) is 0 Å². The van der Waals surface area contributed by atoms with Gasteiger partial charge in [0.15, 0.2) is 0 Å². The average Bonchev–Trinajstić information content (AvgIpc) is 3.24. The Morgan fingerprint density at radius 3 is 1.32 bits per heavy atom. The third-order valence-electron chi connectivity index (χ3n) is 11.4. The summed E-state index contributed by atoms with van der Waals surface area (Å²) in [5.74, 6) is -0.338. The van der Waals surface area contributed by atoms with Gasteiger partial charge in [-0.15, -0.1) is 0 Å². The lowest BCUT2D eigenvalue weighted by Crippen LogP contribution is -2.37. The SMILES string of the molecule is CCCCC/C=C\C/C=C\CCCCCCCCCCCCOCC(COP(=O)([O-])OCC[N+](C)(C)C)OC(=O)CCCCCCCCCCC/C=C\C/C=C\CCCCCCC. The van der Waals surface area contributed by atoms with Gasteiger partial charge in [-0.2, -0.15) is 0 Å². The number of ether oxygens (including phenoxy) is 2. The van der Waals surface area contributed by atoms with E-state index in [1.165, 1.54) is 167 Å². The van der Waals surface area contributed by atoms with E-state index in [-0.39, 0.29) is 25.8 Å². The van der Waals surface area contributed by atoms with Crippen molar-refractivity contribution in [2.75, 3.05) is 54.1 Å². The van der Waals surface area contributed by atoms with Gasteiger partial charge in [-0.3, -0.25) is 9.36 Å². The van der Waals surface area contributed by atoms with Crippen LogP contribution in [-0.2, 0) is 27.9 Å². The van der Waals surface area contributed by atoms with Crippen molar-refractivity contribution in [1.82, 2.24) is 0 Å². The fraction of sp³-hybridized carbons (Fsp3) is 0.833. The summed E-state index contributed by atoms with van der Waals surface area (Å²) in [5.41, 5.74) is 0. The first kappa shape index (κ1) is 61.5. The number of carbonyl (C=O) groups is 1. The number of nitrogens with zero attached hydrogens (tertiary/aromatic N) is 1. The summed E-state index contributed by atoms with van der Waals surface area (Å²) >= 11 is 0. The van der Waals surface area contributed by atoms with E-state index >= 15 is 0 Å². The number of hydrogen-bond donors (Lipinski definition) is 0. The molecule has 8 nitrogen and oxygen atoms in total. The number of esters is 1. The molecule has 0 saturated heterocycles. The van der Waals surface area contributed by atoms with Gasteiger partial charge < -0.3 is 27.9 Å². The minimum Gasteiger partial charge on any atom is -0.756 e. The molecule has 0 N–H and O–H groups in total. The second-order valence-corrected chi connectivity index (χ2v) is 20.3. The molecule has 0 rings (SSSR count). The highest BCUT2D eigenvalue weighted by atomic mass is 31.2. The van der Waals surface area contributed by atoms with Gasteiger partial charge in [0.1, 0.15) is 19.3 Å². The fourth-order valence-electron chi connectivity index (χ4n) is 7.25. The molecule has 0 bridgehead atoms. The smallest absolute Gasteiger partial charge is 0.306 e. The molecule has 9 heteroatoms. The van der Waals surface area contributed by atoms with Crippen LogP contribution in [-0.4, -0.2) is 70.7 Å². The molecule has 63 heavy (non-hydrogen) atoms. The van der Waals surface area contributed by atoms with Crippen LogP contribution in [0.4, 0.5) is 0 Å². The molecule has 0 aliphatic rings. The first-order valence-electron chi connectivity index (χ1n) is 26.4. The lowest BCUT2D eigenvalue weighted by atomic mass is 10.1. The minimum atomic E-state index is -4.53. The highest BCUT2D eigenvalue weighted by Crippen LogP contribution is 2.38. The van der Waals surface area contributed by atoms with Gasteiger partial charge in [-0.05, 0) is 77.0 Å². The van der Waals surface area contributed by atoms with Crippen LogP contribution in [0.1, 0.15) is 232 Å². The number of rotatable bonds is 49. The highest BCUT2D eigenvalue weighted by molar-refractivity contribution is 7.45. The molecule has 2 unspecified atom stereocenters. The van der Waals surface area contributed by atoms with Gasteiger partial charge in [0.05, 0.1) is 34.4 Å². The summed E-state index contributed by atoms with van der Waals surface area (Å²) < 4.78 is 34.8. The highest BCUT2D eigenvalue weighted by Gasteiger charge is 2.20. The normalized spacial score (nSPS) is 13.9. The molecule has 0 aromatic rings. The molecule has 0 aromatic carbocycles. The first-order chi connectivity index (χ1) is 30.6. The Hall–Kier alpha value is -1.54. The summed E-state index contributed by atoms with van der Waals surface area (Å²) in [7, 11) is 1.35. The molecular formula is C54H102NO7P. The van der Waals surface area contributed by atoms with Crippen molar-refractivity contribution in [2.45, 2.75) is 238 Å². The number of allylic oxidation sites excluding steroid dienone is 8. The van der Waals surface area contributed by atoms with Crippen molar-refractivity contribution < 1.29 is 37.3 Å². The number of unbranched alkanes of at least 4 members (excludes halogenated alkanes) is 27. The molecule has 0 radical (unpaired) electrons. The van der Waals surface area contributed by atoms with E-state index in [1.54, 1.807) is 0 Å². The summed E-state index contributed by atoms with van der Waals surface area (Å²) in [6.45, 7) is 5.39. The molecule has 0 heterocycles. The predicted octanol–water partition coefficient (Wildman–Crippen LogP) is 15.7. The topological polar surface area (TPSA) is 94.1 Å². The van der Waals surface area contributed by atoms with Gasteiger partial charge in [-0.1, -0.05) is 197 Å². The second kappa shape index (κ2) is 47.0. The number of quaternary nitrogens is 1. The van der Waals surface area contributed by atoms with Crippen molar-refractivity contribution in [2.24, 2.45) is 0 Å². The lowest BCUT2D eigenvalue weighted by Gasteiger charge is -2.28. The van der Waals surface area contributed by atoms with E-state index in [0.717, 1.165) is 44.9 Å². The van der Waals surface area contributed by atoms with Crippen LogP contribution in [0.5, 0.6) is 0 Å². The number of likely N-dealkylation sites (N-methyl/N-ethyl adjacent to an activating group) is 1. The summed E-state index contributed by atoms with van der Waals surface area (Å²) in [6, 6.07) is 0. The first-order valence-corrected chi connectivity index (χ1v) is 27.8. The maximum Gasteiger partial charge on any atom is 0.306 e. The van der Waals surface area contributed by atoms with Crippen LogP contribution in [0.2, 0.25) is 0 Å². The summed E-state index contributed by atoms with van der Waals surface area (Å²) in [6.07, 6.45) is 58.4. The maximum absolute atomic E-state index is 12.8. The van der Waals surface area contributed by atoms with E-state index in [9.17, 15) is 14.3 Å². The Kier molecular flexibility index (Phi) is 45.8. The van der Waals surface area contributed by atoms with E-state index in [0.29, 0.717) is 24.1 Å². The van der Waals surface area contributed by atoms with E-state index in [4.69, 9.17) is 18.5 Å². The zero-order valence-electron chi connectivity index (χ0n) is 42.0. The average molecular weight is 908 g/mol. The van der Waals surface area contributed by atoms with Gasteiger partial charge >= 0.3 is 5.97 Å². The van der Waals surface area contributed by atoms with Crippen molar-refractivity contribution in [3.05, 3.63) is 48.6 Å². The molecule has 0 aliphatic heterocycles. The Balaban J connectivity index is 4.14. The third kappa shape index (κ3) is 51.3. The number of carbonyl (C=O) groups excluding carboxylic acids is 1. The molecule has 0 aliphatic carbocycles. The second-order valence-electron chi connectivity index (χ2n) is 18.9. The molecule has 0 fully saturated rings. The van der Waals surface area contributed by atoms with Gasteiger partial charge in [0.25, 0.3) is 7.82 Å². The zero-order chi connectivity index (χ0) is 46.2. The van der Waals surface area contributed by atoms with Crippen molar-refractivity contribution >= 4 is 13.8 Å². The molecule has 0 saturated carbocycles. The van der Waals surface area contributed by atoms with Gasteiger partial charge in [0, 0.05) is 13.0 Å². The van der Waals surface area contributed by atoms with E-state index < -0.39 is 13.9 Å². The van der Waals surface area contributed by atoms with E-state index in [1.807, 2.05) is 21.1 Å². The Bertz CT molecular complexity index is 1150. The fourth-order valence-corrected chi connectivity index (χ4v) is 7.98. The molecular weight excluding hydrogens is 806 g/mol. The lowest BCUT2D eigenvalue weighted by molar-refractivity contribution is -0.870. The largest absolute Gasteiger partial charge is 0.756 e. The van der Waals surface area contributed by atoms with Crippen molar-refractivity contribution in [1.29, 1.82) is 0 Å². The van der Waals surface area contributed by atoms with Crippen LogP contribution < -0.4 is 4.89 Å². The number of hydrogen-bond acceptors (Lipinski definition) is 7. The van der Waals surface area contributed by atoms with Crippen LogP contribution in [0.15, 0.2) is 48.6 Å². The third-order valence-corrected chi connectivity index (χ3v) is 12.3. The van der Waals surface area contributed by atoms with Crippen molar-refractivity contribution in [3.8, 4) is 0 Å². The maximum atomic E-state index is 12.8. The standard InChI is InChI=1S/C54H102NO7P/c1-6-8-10-12-14-16-18-20-22-24-26-28-29-31-33-35-37-39-41-43-45-47-54(56)62-53(52-61-63(57,58)60-50-48-55(3,4)5)51-59-49-46-44-42-40-38-36-34-32-30-27-25-23-21-19-17-15-13-11-9-7-2/h15,17-18,20-21,23-24,26,53H,6-14,16,19,22,25,27-52H2,1-5H3/b17-15-,20-18-,23-21-,26-24-. The number of phosphoric ester groups is 1. The van der Waals surface area contributed by atoms with Crippen LogP contribution in [0.25, 0.3) is 0 Å². The molecule has 370 valence electrons. The minimum absolute atomic E-state index is 0.0239. The molecule has 0 amide bonds. The van der Waals surface area contributed by atoms with E-state index in [2.05, 4.69) is 62.5 Å². The van der Waals surface area contributed by atoms with Crippen LogP contribution in [0, 0.1) is 0 Å².